The first kappa shape index (κ1) is 14.5. The van der Waals surface area contributed by atoms with E-state index < -0.39 is 6.04 Å². The summed E-state index contributed by atoms with van der Waals surface area (Å²) in [4.78, 5) is 17.1. The van der Waals surface area contributed by atoms with Crippen LogP contribution < -0.4 is 5.73 Å². The average Bonchev–Trinajstić information content (AvgIpc) is 3.05. The van der Waals surface area contributed by atoms with Crippen LogP contribution in [0.3, 0.4) is 0 Å². The zero-order chi connectivity index (χ0) is 14.7. The van der Waals surface area contributed by atoms with Crippen molar-refractivity contribution in [3.63, 3.8) is 0 Å². The van der Waals surface area contributed by atoms with E-state index in [4.69, 9.17) is 5.73 Å². The highest BCUT2D eigenvalue weighted by molar-refractivity contribution is 5.83. The topological polar surface area (TPSA) is 49.6 Å². The minimum absolute atomic E-state index is 0.0701. The number of hydrogen-bond donors (Lipinski definition) is 1. The first-order chi connectivity index (χ1) is 10.3. The number of piperidine rings is 1. The number of hydrogen-bond acceptors (Lipinski definition) is 3. The Balaban J connectivity index is 1.59. The molecule has 0 spiro atoms. The smallest absolute Gasteiger partial charge is 0.244 e. The molecule has 0 bridgehead atoms. The molecular formula is C17H25N3O. The third kappa shape index (κ3) is 3.27. The van der Waals surface area contributed by atoms with Gasteiger partial charge in [0.15, 0.2) is 0 Å². The summed E-state index contributed by atoms with van der Waals surface area (Å²) < 4.78 is 0. The highest BCUT2D eigenvalue weighted by Crippen LogP contribution is 2.22. The Morgan fingerprint density at radius 3 is 2.52 bits per heavy atom. The van der Waals surface area contributed by atoms with Gasteiger partial charge in [0, 0.05) is 19.1 Å². The van der Waals surface area contributed by atoms with E-state index >= 15 is 0 Å². The van der Waals surface area contributed by atoms with Crippen LogP contribution in [0.25, 0.3) is 0 Å². The number of likely N-dealkylation sites (tertiary alicyclic amines) is 2. The van der Waals surface area contributed by atoms with Crippen LogP contribution >= 0.6 is 0 Å². The lowest BCUT2D eigenvalue weighted by atomic mass is 10.1. The van der Waals surface area contributed by atoms with Crippen molar-refractivity contribution in [2.75, 3.05) is 26.2 Å². The lowest BCUT2D eigenvalue weighted by Gasteiger charge is -2.32. The molecule has 4 heteroatoms. The summed E-state index contributed by atoms with van der Waals surface area (Å²) in [5, 5.41) is 0. The van der Waals surface area contributed by atoms with E-state index in [1.807, 2.05) is 35.2 Å². The molecule has 0 aromatic heterocycles. The van der Waals surface area contributed by atoms with E-state index in [1.54, 1.807) is 0 Å². The maximum absolute atomic E-state index is 12.6. The van der Waals surface area contributed by atoms with E-state index in [2.05, 4.69) is 4.90 Å². The summed E-state index contributed by atoms with van der Waals surface area (Å²) in [6, 6.07) is 9.69. The number of carbonyl (C=O) groups excluding carboxylic acids is 1. The maximum Gasteiger partial charge on any atom is 0.244 e. The summed E-state index contributed by atoms with van der Waals surface area (Å²) in [5.74, 6) is 0.0701. The Labute approximate surface area is 126 Å². The fraction of sp³-hybridized carbons (Fsp3) is 0.588. The van der Waals surface area contributed by atoms with Gasteiger partial charge in [0.2, 0.25) is 5.91 Å². The molecule has 1 aromatic carbocycles. The number of amides is 1. The second-order valence-electron chi connectivity index (χ2n) is 6.21. The fourth-order valence-electron chi connectivity index (χ4n) is 3.52. The molecule has 114 valence electrons. The molecule has 2 aliphatic heterocycles. The highest BCUT2D eigenvalue weighted by Gasteiger charge is 2.33. The Morgan fingerprint density at radius 2 is 1.81 bits per heavy atom. The van der Waals surface area contributed by atoms with E-state index in [1.165, 1.54) is 32.4 Å². The zero-order valence-electron chi connectivity index (χ0n) is 12.6. The molecule has 2 heterocycles. The molecule has 0 saturated carbocycles. The minimum atomic E-state index is -0.522. The second-order valence-corrected chi connectivity index (χ2v) is 6.21. The van der Waals surface area contributed by atoms with Crippen molar-refractivity contribution in [3.05, 3.63) is 35.9 Å². The summed E-state index contributed by atoms with van der Waals surface area (Å²) in [5.41, 5.74) is 7.04. The minimum Gasteiger partial charge on any atom is -0.339 e. The molecule has 1 unspecified atom stereocenters. The molecule has 0 aliphatic carbocycles. The monoisotopic (exact) mass is 287 g/mol. The van der Waals surface area contributed by atoms with Gasteiger partial charge in [-0.3, -0.25) is 9.69 Å². The van der Waals surface area contributed by atoms with Crippen molar-refractivity contribution >= 4 is 5.91 Å². The molecule has 1 amide bonds. The summed E-state index contributed by atoms with van der Waals surface area (Å²) in [6.45, 7) is 4.08. The van der Waals surface area contributed by atoms with Crippen LogP contribution in [-0.2, 0) is 4.79 Å². The predicted molar refractivity (Wildman–Crippen MR) is 83.8 cm³/mol. The Morgan fingerprint density at radius 1 is 1.10 bits per heavy atom. The first-order valence-electron chi connectivity index (χ1n) is 8.09. The Bertz CT molecular complexity index is 470. The molecule has 2 saturated heterocycles. The molecule has 2 aliphatic rings. The molecule has 1 aromatic rings. The van der Waals surface area contributed by atoms with Gasteiger partial charge < -0.3 is 10.6 Å². The van der Waals surface area contributed by atoms with E-state index in [-0.39, 0.29) is 5.91 Å². The van der Waals surface area contributed by atoms with Gasteiger partial charge in [-0.2, -0.15) is 0 Å². The lowest BCUT2D eigenvalue weighted by molar-refractivity contribution is -0.131. The molecule has 2 fully saturated rings. The zero-order valence-corrected chi connectivity index (χ0v) is 12.6. The molecule has 0 radical (unpaired) electrons. The van der Waals surface area contributed by atoms with Gasteiger partial charge in [-0.1, -0.05) is 36.8 Å². The quantitative estimate of drug-likeness (QED) is 0.922. The van der Waals surface area contributed by atoms with Crippen LogP contribution in [0.1, 0.15) is 37.3 Å². The van der Waals surface area contributed by atoms with Crippen LogP contribution in [0.5, 0.6) is 0 Å². The molecular weight excluding hydrogens is 262 g/mol. The molecule has 2 N–H and O–H groups in total. The van der Waals surface area contributed by atoms with Gasteiger partial charge in [0.25, 0.3) is 0 Å². The van der Waals surface area contributed by atoms with Gasteiger partial charge in [-0.05, 0) is 37.9 Å². The summed E-state index contributed by atoms with van der Waals surface area (Å²) in [6.07, 6.45) is 5.04. The lowest BCUT2D eigenvalue weighted by Crippen LogP contribution is -2.43. The molecule has 2 atom stereocenters. The largest absolute Gasteiger partial charge is 0.339 e. The predicted octanol–water partition coefficient (Wildman–Crippen LogP) is 1.77. The van der Waals surface area contributed by atoms with Crippen LogP contribution in [-0.4, -0.2) is 47.9 Å². The SMILES string of the molecule is N[C@@H](C(=O)N1CCC(N2CCCCC2)C1)c1ccccc1. The standard InChI is InChI=1S/C17H25N3O/c18-16(14-7-3-1-4-8-14)17(21)20-12-9-15(13-20)19-10-5-2-6-11-19/h1,3-4,7-8,15-16H,2,5-6,9-13,18H2/t15?,16-/m1/s1. The number of carbonyl (C=O) groups is 1. The third-order valence-corrected chi connectivity index (χ3v) is 4.81. The van der Waals surface area contributed by atoms with Gasteiger partial charge in [-0.15, -0.1) is 0 Å². The third-order valence-electron chi connectivity index (χ3n) is 4.81. The normalized spacial score (nSPS) is 25.0. The van der Waals surface area contributed by atoms with Crippen LogP contribution in [0.15, 0.2) is 30.3 Å². The second kappa shape index (κ2) is 6.58. The molecule has 21 heavy (non-hydrogen) atoms. The van der Waals surface area contributed by atoms with Crippen molar-refractivity contribution in [1.82, 2.24) is 9.80 Å². The Hall–Kier alpha value is -1.39. The van der Waals surface area contributed by atoms with Gasteiger partial charge in [0.05, 0.1) is 0 Å². The van der Waals surface area contributed by atoms with Gasteiger partial charge >= 0.3 is 0 Å². The van der Waals surface area contributed by atoms with Crippen molar-refractivity contribution in [2.45, 2.75) is 37.8 Å². The van der Waals surface area contributed by atoms with E-state index in [0.717, 1.165) is 25.1 Å². The van der Waals surface area contributed by atoms with Gasteiger partial charge in [-0.25, -0.2) is 0 Å². The first-order valence-corrected chi connectivity index (χ1v) is 8.09. The summed E-state index contributed by atoms with van der Waals surface area (Å²) >= 11 is 0. The van der Waals surface area contributed by atoms with Crippen molar-refractivity contribution < 1.29 is 4.79 Å². The van der Waals surface area contributed by atoms with Crippen molar-refractivity contribution in [2.24, 2.45) is 5.73 Å². The Kier molecular flexibility index (Phi) is 4.56. The fourth-order valence-corrected chi connectivity index (χ4v) is 3.52. The van der Waals surface area contributed by atoms with E-state index in [0.29, 0.717) is 6.04 Å². The maximum atomic E-state index is 12.6. The average molecular weight is 287 g/mol. The van der Waals surface area contributed by atoms with Gasteiger partial charge in [0.1, 0.15) is 6.04 Å². The van der Waals surface area contributed by atoms with Crippen molar-refractivity contribution in [1.29, 1.82) is 0 Å². The van der Waals surface area contributed by atoms with E-state index in [9.17, 15) is 4.79 Å². The summed E-state index contributed by atoms with van der Waals surface area (Å²) in [7, 11) is 0. The number of nitrogens with zero attached hydrogens (tertiary/aromatic N) is 2. The molecule has 3 rings (SSSR count). The van der Waals surface area contributed by atoms with Crippen LogP contribution in [0.2, 0.25) is 0 Å². The molecule has 4 nitrogen and oxygen atoms in total. The number of nitrogens with two attached hydrogens (primary N) is 1. The van der Waals surface area contributed by atoms with Crippen LogP contribution in [0, 0.1) is 0 Å². The number of rotatable bonds is 3. The highest BCUT2D eigenvalue weighted by atomic mass is 16.2. The van der Waals surface area contributed by atoms with Crippen molar-refractivity contribution in [3.8, 4) is 0 Å². The van der Waals surface area contributed by atoms with Crippen LogP contribution in [0.4, 0.5) is 0 Å². The number of benzene rings is 1.